The third-order valence-electron chi connectivity index (χ3n) is 6.19. The van der Waals surface area contributed by atoms with Gasteiger partial charge in [0.25, 0.3) is 0 Å². The first-order valence-electron chi connectivity index (χ1n) is 11.6. The van der Waals surface area contributed by atoms with Crippen molar-refractivity contribution in [2.45, 2.75) is 34.7 Å². The molecule has 0 spiro atoms. The van der Waals surface area contributed by atoms with Crippen LogP contribution in [-0.2, 0) is 9.47 Å². The molecule has 3 unspecified atom stereocenters. The first kappa shape index (κ1) is 27.5. The smallest absolute Gasteiger partial charge is 0.194 e. The molecule has 1 aliphatic heterocycles. The minimum absolute atomic E-state index is 0.0315. The fourth-order valence-electron chi connectivity index (χ4n) is 4.32. The Kier molecular flexibility index (Phi) is 8.16. The Morgan fingerprint density at radius 2 is 1.92 bits per heavy atom. The lowest BCUT2D eigenvalue weighted by Gasteiger charge is -2.43. The molecule has 1 aliphatic rings. The third kappa shape index (κ3) is 5.51. The van der Waals surface area contributed by atoms with Gasteiger partial charge in [-0.3, -0.25) is 9.97 Å². The maximum atomic E-state index is 13.8. The van der Waals surface area contributed by atoms with Crippen LogP contribution in [0.4, 0.5) is 13.2 Å². The van der Waals surface area contributed by atoms with Crippen molar-refractivity contribution >= 4 is 23.4 Å². The quantitative estimate of drug-likeness (QED) is 0.315. The van der Waals surface area contributed by atoms with Crippen LogP contribution in [0.25, 0.3) is 22.5 Å². The van der Waals surface area contributed by atoms with E-state index in [4.69, 9.17) is 21.1 Å². The normalized spacial score (nSPS) is 23.2. The number of hydrogen-bond donors (Lipinski definition) is 2. The molecule has 4 heterocycles. The van der Waals surface area contributed by atoms with Gasteiger partial charge in [0.1, 0.15) is 35.5 Å². The number of rotatable bonds is 7. The van der Waals surface area contributed by atoms with Gasteiger partial charge >= 0.3 is 0 Å². The van der Waals surface area contributed by atoms with Gasteiger partial charge in [-0.1, -0.05) is 28.6 Å². The van der Waals surface area contributed by atoms with Gasteiger partial charge in [0.15, 0.2) is 17.5 Å². The molecule has 0 bridgehead atoms. The Labute approximate surface area is 229 Å². The van der Waals surface area contributed by atoms with Crippen LogP contribution in [0.3, 0.4) is 0 Å². The van der Waals surface area contributed by atoms with E-state index in [1.807, 2.05) is 6.07 Å². The summed E-state index contributed by atoms with van der Waals surface area (Å²) in [6, 6.07) is 5.96. The number of hydrogen-bond acceptors (Lipinski definition) is 9. The Hall–Kier alpha value is -3.07. The summed E-state index contributed by atoms with van der Waals surface area (Å²) in [5, 5.41) is 29.4. The van der Waals surface area contributed by atoms with Crippen molar-refractivity contribution in [1.29, 1.82) is 0 Å². The van der Waals surface area contributed by atoms with Gasteiger partial charge in [-0.05, 0) is 30.3 Å². The van der Waals surface area contributed by atoms with E-state index in [9.17, 15) is 23.4 Å². The molecule has 0 amide bonds. The fraction of sp³-hybridized carbons (Fsp3) is 0.280. The Morgan fingerprint density at radius 1 is 1.15 bits per heavy atom. The van der Waals surface area contributed by atoms with E-state index in [-0.39, 0.29) is 11.3 Å². The van der Waals surface area contributed by atoms with Gasteiger partial charge in [-0.2, -0.15) is 0 Å². The van der Waals surface area contributed by atoms with E-state index in [0.717, 1.165) is 17.7 Å². The molecule has 3 aromatic heterocycles. The molecule has 1 aromatic carbocycles. The van der Waals surface area contributed by atoms with Crippen LogP contribution in [0.2, 0.25) is 5.02 Å². The summed E-state index contributed by atoms with van der Waals surface area (Å²) < 4.78 is 54.1. The van der Waals surface area contributed by atoms with E-state index in [2.05, 4.69) is 20.3 Å². The number of methoxy groups -OCH3 is 1. The summed E-state index contributed by atoms with van der Waals surface area (Å²) in [4.78, 5) is 9.22. The molecule has 204 valence electrons. The first-order valence-corrected chi connectivity index (χ1v) is 12.8. The Morgan fingerprint density at radius 3 is 2.59 bits per heavy atom. The average molecular weight is 580 g/mol. The van der Waals surface area contributed by atoms with Crippen molar-refractivity contribution < 1.29 is 32.9 Å². The van der Waals surface area contributed by atoms with Gasteiger partial charge in [0, 0.05) is 41.7 Å². The van der Waals surface area contributed by atoms with Crippen LogP contribution in [-0.4, -0.2) is 72.6 Å². The molecular formula is C25H21ClF3N5O4S. The van der Waals surface area contributed by atoms with E-state index in [0.29, 0.717) is 15.6 Å². The number of aromatic nitrogens is 5. The number of ether oxygens (including phenoxy) is 2. The Bertz CT molecular complexity index is 1440. The number of aliphatic hydroxyl groups is 2. The zero-order chi connectivity index (χ0) is 27.7. The van der Waals surface area contributed by atoms with Gasteiger partial charge < -0.3 is 19.7 Å². The highest BCUT2D eigenvalue weighted by Crippen LogP contribution is 2.42. The van der Waals surface area contributed by atoms with Crippen LogP contribution in [0.5, 0.6) is 0 Å². The van der Waals surface area contributed by atoms with Crippen molar-refractivity contribution in [2.24, 2.45) is 0 Å². The second-order valence-electron chi connectivity index (χ2n) is 8.60. The highest BCUT2D eigenvalue weighted by molar-refractivity contribution is 8.00. The van der Waals surface area contributed by atoms with Crippen molar-refractivity contribution in [2.75, 3.05) is 13.7 Å². The Balaban J connectivity index is 1.50. The lowest BCUT2D eigenvalue weighted by atomic mass is 9.97. The number of pyridine rings is 2. The highest BCUT2D eigenvalue weighted by Gasteiger charge is 2.47. The maximum Gasteiger partial charge on any atom is 0.194 e. The number of nitrogens with zero attached hydrogens (tertiary/aromatic N) is 5. The molecule has 0 aliphatic carbocycles. The minimum atomic E-state index is -1.60. The predicted molar refractivity (Wildman–Crippen MR) is 135 cm³/mol. The summed E-state index contributed by atoms with van der Waals surface area (Å²) in [6.07, 6.45) is 2.93. The number of thioether (sulfide) groups is 1. The lowest BCUT2D eigenvalue weighted by molar-refractivity contribution is -0.186. The molecule has 1 saturated heterocycles. The average Bonchev–Trinajstić information content (AvgIpc) is 3.42. The monoisotopic (exact) mass is 579 g/mol. The second kappa shape index (κ2) is 11.6. The summed E-state index contributed by atoms with van der Waals surface area (Å²) in [5.41, 5.74) is 0.497. The van der Waals surface area contributed by atoms with Gasteiger partial charge in [-0.15, -0.1) is 5.10 Å². The SMILES string of the molecule is COC1C(n2cc(-c3cc(F)c(F)c(F)c3)nn2)[C@@H](O)C(CO)O[C@@H]1Sc1cc(Cl)cnc1-c1cccnc1. The van der Waals surface area contributed by atoms with Crippen molar-refractivity contribution in [3.8, 4) is 22.5 Å². The molecule has 5 rings (SSSR count). The highest BCUT2D eigenvalue weighted by atomic mass is 35.5. The molecule has 4 aromatic rings. The minimum Gasteiger partial charge on any atom is -0.394 e. The van der Waals surface area contributed by atoms with E-state index in [1.54, 1.807) is 24.5 Å². The predicted octanol–water partition coefficient (Wildman–Crippen LogP) is 3.90. The standard InChI is InChI=1S/C25H21ClF3N5O4S/c1-37-24-22(34-10-17(32-33-34)13-5-15(27)20(29)16(28)6-13)23(36)18(11-35)38-25(24)39-19-7-14(26)9-31-21(19)12-3-2-4-30-8-12/h2-10,18,22-25,35-36H,11H2,1H3/t18?,22?,23-,24?,25+/m0/s1. The van der Waals surface area contributed by atoms with E-state index < -0.39 is 53.8 Å². The van der Waals surface area contributed by atoms with Crippen LogP contribution >= 0.6 is 23.4 Å². The zero-order valence-electron chi connectivity index (χ0n) is 20.2. The molecule has 39 heavy (non-hydrogen) atoms. The van der Waals surface area contributed by atoms with Crippen LogP contribution < -0.4 is 0 Å². The van der Waals surface area contributed by atoms with E-state index >= 15 is 0 Å². The number of benzene rings is 1. The summed E-state index contributed by atoms with van der Waals surface area (Å²) in [6.45, 7) is -0.523. The largest absolute Gasteiger partial charge is 0.394 e. The van der Waals surface area contributed by atoms with Gasteiger partial charge in [-0.25, -0.2) is 17.9 Å². The zero-order valence-corrected chi connectivity index (χ0v) is 21.7. The first-order chi connectivity index (χ1) is 18.8. The molecular weight excluding hydrogens is 559 g/mol. The molecule has 5 atom stereocenters. The fourth-order valence-corrected chi connectivity index (χ4v) is 5.88. The summed E-state index contributed by atoms with van der Waals surface area (Å²) in [7, 11) is 1.42. The van der Waals surface area contributed by atoms with Crippen LogP contribution in [0.1, 0.15) is 6.04 Å². The molecule has 2 N–H and O–H groups in total. The maximum absolute atomic E-state index is 13.8. The molecule has 1 fully saturated rings. The lowest BCUT2D eigenvalue weighted by Crippen LogP contribution is -2.55. The van der Waals surface area contributed by atoms with Crippen molar-refractivity contribution in [1.82, 2.24) is 25.0 Å². The summed E-state index contributed by atoms with van der Waals surface area (Å²) >= 11 is 7.46. The van der Waals surface area contributed by atoms with Gasteiger partial charge in [0.2, 0.25) is 0 Å². The molecule has 9 nitrogen and oxygen atoms in total. The number of halogens is 4. The second-order valence-corrected chi connectivity index (χ2v) is 10.2. The molecule has 0 radical (unpaired) electrons. The van der Waals surface area contributed by atoms with Crippen LogP contribution in [0, 0.1) is 17.5 Å². The van der Waals surface area contributed by atoms with Crippen molar-refractivity contribution in [3.63, 3.8) is 0 Å². The molecule has 0 saturated carbocycles. The topological polar surface area (TPSA) is 115 Å². The summed E-state index contributed by atoms with van der Waals surface area (Å²) in [5.74, 6) is -4.36. The van der Waals surface area contributed by atoms with Gasteiger partial charge in [0.05, 0.1) is 23.5 Å². The third-order valence-corrected chi connectivity index (χ3v) is 7.57. The number of aliphatic hydroxyl groups excluding tert-OH is 2. The van der Waals surface area contributed by atoms with E-state index in [1.165, 1.54) is 35.9 Å². The molecule has 14 heteroatoms. The van der Waals surface area contributed by atoms with Crippen LogP contribution in [0.15, 0.2) is 60.0 Å². The van der Waals surface area contributed by atoms with Crippen molar-refractivity contribution in [3.05, 3.63) is 77.6 Å².